The lowest BCUT2D eigenvalue weighted by Gasteiger charge is -2.22. The SMILES string of the molecule is CCc1nn(C(C)C)c(C(C)(C)C)c1O. The number of hydrogen-bond donors (Lipinski definition) is 1. The molecule has 0 amide bonds. The fraction of sp³-hybridized carbons (Fsp3) is 0.750. The first kappa shape index (κ1) is 12.1. The fourth-order valence-corrected chi connectivity index (χ4v) is 1.78. The lowest BCUT2D eigenvalue weighted by molar-refractivity contribution is 0.407. The van der Waals surface area contributed by atoms with Gasteiger partial charge in [-0.2, -0.15) is 5.10 Å². The van der Waals surface area contributed by atoms with Gasteiger partial charge in [0.25, 0.3) is 0 Å². The van der Waals surface area contributed by atoms with Crippen LogP contribution < -0.4 is 0 Å². The first-order chi connectivity index (χ1) is 6.79. The van der Waals surface area contributed by atoms with Crippen LogP contribution in [-0.2, 0) is 11.8 Å². The first-order valence-electron chi connectivity index (χ1n) is 5.59. The molecule has 3 heteroatoms. The molecule has 3 nitrogen and oxygen atoms in total. The number of aryl methyl sites for hydroxylation is 1. The van der Waals surface area contributed by atoms with Crippen molar-refractivity contribution < 1.29 is 5.11 Å². The van der Waals surface area contributed by atoms with Crippen molar-refractivity contribution in [2.24, 2.45) is 0 Å². The van der Waals surface area contributed by atoms with Gasteiger partial charge in [0, 0.05) is 11.5 Å². The lowest BCUT2D eigenvalue weighted by Crippen LogP contribution is -2.19. The van der Waals surface area contributed by atoms with Gasteiger partial charge < -0.3 is 5.11 Å². The molecule has 0 aliphatic heterocycles. The van der Waals surface area contributed by atoms with Gasteiger partial charge in [-0.05, 0) is 20.3 Å². The summed E-state index contributed by atoms with van der Waals surface area (Å²) in [4.78, 5) is 0. The van der Waals surface area contributed by atoms with Crippen LogP contribution in [0.2, 0.25) is 0 Å². The van der Waals surface area contributed by atoms with Crippen molar-refractivity contribution in [3.63, 3.8) is 0 Å². The maximum Gasteiger partial charge on any atom is 0.160 e. The van der Waals surface area contributed by atoms with Gasteiger partial charge in [0.15, 0.2) is 5.75 Å². The molecule has 0 radical (unpaired) electrons. The van der Waals surface area contributed by atoms with Gasteiger partial charge in [0.05, 0.1) is 5.69 Å². The molecule has 1 N–H and O–H groups in total. The summed E-state index contributed by atoms with van der Waals surface area (Å²) < 4.78 is 1.94. The Hall–Kier alpha value is -0.990. The Morgan fingerprint density at radius 1 is 1.33 bits per heavy atom. The van der Waals surface area contributed by atoms with E-state index in [0.717, 1.165) is 17.8 Å². The van der Waals surface area contributed by atoms with E-state index in [0.29, 0.717) is 5.75 Å². The number of rotatable bonds is 2. The van der Waals surface area contributed by atoms with E-state index in [-0.39, 0.29) is 11.5 Å². The van der Waals surface area contributed by atoms with Crippen LogP contribution >= 0.6 is 0 Å². The van der Waals surface area contributed by atoms with Crippen molar-refractivity contribution in [3.05, 3.63) is 11.4 Å². The zero-order valence-corrected chi connectivity index (χ0v) is 10.6. The Morgan fingerprint density at radius 2 is 1.87 bits per heavy atom. The summed E-state index contributed by atoms with van der Waals surface area (Å²) in [6, 6.07) is 0.283. The summed E-state index contributed by atoms with van der Waals surface area (Å²) in [5, 5.41) is 14.6. The van der Waals surface area contributed by atoms with Crippen LogP contribution in [0.5, 0.6) is 5.75 Å². The Labute approximate surface area is 92.1 Å². The van der Waals surface area contributed by atoms with Crippen molar-refractivity contribution >= 4 is 0 Å². The summed E-state index contributed by atoms with van der Waals surface area (Å²) >= 11 is 0. The van der Waals surface area contributed by atoms with Crippen molar-refractivity contribution in [3.8, 4) is 5.75 Å². The third-order valence-electron chi connectivity index (χ3n) is 2.49. The fourth-order valence-electron chi connectivity index (χ4n) is 1.78. The van der Waals surface area contributed by atoms with Gasteiger partial charge >= 0.3 is 0 Å². The summed E-state index contributed by atoms with van der Waals surface area (Å²) in [5.41, 5.74) is 1.66. The number of aromatic nitrogens is 2. The number of aromatic hydroxyl groups is 1. The maximum atomic E-state index is 10.1. The van der Waals surface area contributed by atoms with Crippen molar-refractivity contribution in [2.45, 2.75) is 59.4 Å². The molecule has 1 aromatic heterocycles. The highest BCUT2D eigenvalue weighted by Crippen LogP contribution is 2.35. The second-order valence-corrected chi connectivity index (χ2v) is 5.29. The van der Waals surface area contributed by atoms with Gasteiger partial charge in [0.1, 0.15) is 5.69 Å². The highest BCUT2D eigenvalue weighted by Gasteiger charge is 2.27. The molecule has 0 saturated heterocycles. The highest BCUT2D eigenvalue weighted by atomic mass is 16.3. The molecule has 0 aliphatic carbocycles. The predicted octanol–water partition coefficient (Wildman–Crippen LogP) is 3.03. The average Bonchev–Trinajstić information content (AvgIpc) is 2.41. The van der Waals surface area contributed by atoms with E-state index >= 15 is 0 Å². The second-order valence-electron chi connectivity index (χ2n) is 5.29. The van der Waals surface area contributed by atoms with Crippen LogP contribution in [0, 0.1) is 0 Å². The van der Waals surface area contributed by atoms with E-state index in [9.17, 15) is 5.11 Å². The van der Waals surface area contributed by atoms with E-state index < -0.39 is 0 Å². The first-order valence-corrected chi connectivity index (χ1v) is 5.59. The molecular formula is C12H22N2O. The quantitative estimate of drug-likeness (QED) is 0.814. The van der Waals surface area contributed by atoms with E-state index in [4.69, 9.17) is 0 Å². The largest absolute Gasteiger partial charge is 0.504 e. The average molecular weight is 210 g/mol. The smallest absolute Gasteiger partial charge is 0.160 e. The third-order valence-corrected chi connectivity index (χ3v) is 2.49. The Morgan fingerprint density at radius 3 is 2.13 bits per heavy atom. The van der Waals surface area contributed by atoms with Crippen LogP contribution in [0.15, 0.2) is 0 Å². The van der Waals surface area contributed by atoms with Crippen LogP contribution in [0.4, 0.5) is 0 Å². The van der Waals surface area contributed by atoms with E-state index in [1.165, 1.54) is 0 Å². The topological polar surface area (TPSA) is 38.0 Å². The molecule has 0 aliphatic rings. The zero-order chi connectivity index (χ0) is 11.8. The van der Waals surface area contributed by atoms with Crippen LogP contribution in [0.3, 0.4) is 0 Å². The van der Waals surface area contributed by atoms with Crippen LogP contribution in [-0.4, -0.2) is 14.9 Å². The Bertz CT molecular complexity index is 345. The molecule has 0 bridgehead atoms. The molecule has 1 aromatic rings. The molecule has 0 unspecified atom stereocenters. The summed E-state index contributed by atoms with van der Waals surface area (Å²) in [6.45, 7) is 12.5. The molecule has 1 rings (SSSR count). The lowest BCUT2D eigenvalue weighted by atomic mass is 9.90. The third kappa shape index (κ3) is 2.16. The number of nitrogens with zero attached hydrogens (tertiary/aromatic N) is 2. The van der Waals surface area contributed by atoms with Crippen LogP contribution in [0.25, 0.3) is 0 Å². The molecule has 15 heavy (non-hydrogen) atoms. The van der Waals surface area contributed by atoms with Gasteiger partial charge in [-0.15, -0.1) is 0 Å². The summed E-state index contributed by atoms with van der Waals surface area (Å²) in [6.07, 6.45) is 0.772. The standard InChI is InChI=1S/C12H22N2O/c1-7-9-10(15)11(12(4,5)6)14(13-9)8(2)3/h8,15H,7H2,1-6H3. The molecule has 1 heterocycles. The maximum absolute atomic E-state index is 10.1. The van der Waals surface area contributed by atoms with E-state index in [1.54, 1.807) is 0 Å². The van der Waals surface area contributed by atoms with Crippen molar-refractivity contribution in [1.82, 2.24) is 9.78 Å². The van der Waals surface area contributed by atoms with E-state index in [2.05, 4.69) is 39.7 Å². The minimum atomic E-state index is -0.0746. The summed E-state index contributed by atoms with van der Waals surface area (Å²) in [7, 11) is 0. The molecular weight excluding hydrogens is 188 g/mol. The van der Waals surface area contributed by atoms with E-state index in [1.807, 2.05) is 11.6 Å². The molecule has 0 atom stereocenters. The Balaban J connectivity index is 3.39. The molecule has 0 fully saturated rings. The molecule has 0 saturated carbocycles. The van der Waals surface area contributed by atoms with Gasteiger partial charge in [-0.25, -0.2) is 0 Å². The van der Waals surface area contributed by atoms with Crippen LogP contribution in [0.1, 0.15) is 59.0 Å². The van der Waals surface area contributed by atoms with Gasteiger partial charge in [-0.1, -0.05) is 27.7 Å². The van der Waals surface area contributed by atoms with Crippen molar-refractivity contribution in [2.75, 3.05) is 0 Å². The number of hydrogen-bond acceptors (Lipinski definition) is 2. The molecule has 0 spiro atoms. The second kappa shape index (κ2) is 3.87. The highest BCUT2D eigenvalue weighted by molar-refractivity contribution is 5.37. The molecule has 0 aromatic carbocycles. The zero-order valence-electron chi connectivity index (χ0n) is 10.6. The Kier molecular flexibility index (Phi) is 3.12. The normalized spacial score (nSPS) is 12.5. The predicted molar refractivity (Wildman–Crippen MR) is 62.4 cm³/mol. The molecule has 86 valence electrons. The minimum absolute atomic E-state index is 0.0746. The van der Waals surface area contributed by atoms with Gasteiger partial charge in [0.2, 0.25) is 0 Å². The van der Waals surface area contributed by atoms with Crippen molar-refractivity contribution in [1.29, 1.82) is 0 Å². The monoisotopic (exact) mass is 210 g/mol. The minimum Gasteiger partial charge on any atom is -0.504 e. The summed E-state index contributed by atoms with van der Waals surface area (Å²) in [5.74, 6) is 0.374. The van der Waals surface area contributed by atoms with Gasteiger partial charge in [-0.3, -0.25) is 4.68 Å².